The molecule has 1 unspecified atom stereocenters. The molecule has 0 radical (unpaired) electrons. The molecule has 6 nitrogen and oxygen atoms in total. The molecule has 2 rings (SSSR count). The molecule has 2 N–H and O–H groups in total. The number of morpholine rings is 1. The van der Waals surface area contributed by atoms with Crippen molar-refractivity contribution in [1.82, 2.24) is 14.9 Å². The van der Waals surface area contributed by atoms with Gasteiger partial charge in [0.15, 0.2) is 0 Å². The van der Waals surface area contributed by atoms with Crippen LogP contribution in [0.25, 0.3) is 0 Å². The Kier molecular flexibility index (Phi) is 9.45. The van der Waals surface area contributed by atoms with Gasteiger partial charge in [-0.05, 0) is 33.3 Å². The van der Waals surface area contributed by atoms with Crippen LogP contribution in [0.2, 0.25) is 0 Å². The molecule has 1 aromatic heterocycles. The van der Waals surface area contributed by atoms with Gasteiger partial charge >= 0.3 is 0 Å². The predicted octanol–water partition coefficient (Wildman–Crippen LogP) is 3.92. The standard InChI is InChI=1S/C22H33N5O/c1-5-7-8-9-11-23-22-25-19(4)17-21(26-22)24-18(3)16-20(10-6-2)27-12-14-28-15-13-27/h5-9,16-17,20H,2,10-15H2,1,3-4H3,(H2,23,24,25,26)/b7-5-,9-8+,18-16+. The highest BCUT2D eigenvalue weighted by molar-refractivity contribution is 5.46. The van der Waals surface area contributed by atoms with Gasteiger partial charge in [0.2, 0.25) is 5.95 Å². The van der Waals surface area contributed by atoms with Gasteiger partial charge < -0.3 is 15.4 Å². The summed E-state index contributed by atoms with van der Waals surface area (Å²) in [7, 11) is 0. The zero-order chi connectivity index (χ0) is 20.2. The summed E-state index contributed by atoms with van der Waals surface area (Å²) in [5.41, 5.74) is 1.98. The fourth-order valence-electron chi connectivity index (χ4n) is 3.05. The van der Waals surface area contributed by atoms with E-state index in [0.717, 1.165) is 49.9 Å². The van der Waals surface area contributed by atoms with Gasteiger partial charge in [0.05, 0.1) is 13.2 Å². The second kappa shape index (κ2) is 12.1. The Labute approximate surface area is 169 Å². The van der Waals surface area contributed by atoms with Crippen LogP contribution in [0, 0.1) is 6.92 Å². The highest BCUT2D eigenvalue weighted by Crippen LogP contribution is 2.15. The van der Waals surface area contributed by atoms with Crippen LogP contribution in [0.15, 0.2) is 54.8 Å². The van der Waals surface area contributed by atoms with E-state index in [4.69, 9.17) is 4.74 Å². The van der Waals surface area contributed by atoms with Crippen LogP contribution in [0.1, 0.15) is 26.0 Å². The monoisotopic (exact) mass is 383 g/mol. The normalized spacial score (nSPS) is 17.2. The molecule has 152 valence electrons. The average molecular weight is 384 g/mol. The van der Waals surface area contributed by atoms with Crippen molar-refractivity contribution in [1.29, 1.82) is 0 Å². The van der Waals surface area contributed by atoms with E-state index in [-0.39, 0.29) is 0 Å². The number of nitrogens with zero attached hydrogens (tertiary/aromatic N) is 3. The topological polar surface area (TPSA) is 62.3 Å². The molecule has 28 heavy (non-hydrogen) atoms. The Hall–Kier alpha value is -2.44. The van der Waals surface area contributed by atoms with E-state index in [1.807, 2.05) is 50.3 Å². The van der Waals surface area contributed by atoms with Crippen LogP contribution in [0.5, 0.6) is 0 Å². The minimum Gasteiger partial charge on any atom is -0.379 e. The van der Waals surface area contributed by atoms with Crippen molar-refractivity contribution in [2.24, 2.45) is 0 Å². The summed E-state index contributed by atoms with van der Waals surface area (Å²) in [6.45, 7) is 14.1. The Morgan fingerprint density at radius 1 is 1.32 bits per heavy atom. The van der Waals surface area contributed by atoms with Gasteiger partial charge in [0, 0.05) is 43.1 Å². The zero-order valence-corrected chi connectivity index (χ0v) is 17.3. The first-order valence-corrected chi connectivity index (χ1v) is 9.88. The summed E-state index contributed by atoms with van der Waals surface area (Å²) >= 11 is 0. The third kappa shape index (κ3) is 7.66. The van der Waals surface area contributed by atoms with Crippen molar-refractivity contribution < 1.29 is 4.74 Å². The first-order valence-electron chi connectivity index (χ1n) is 9.88. The van der Waals surface area contributed by atoms with Crippen LogP contribution >= 0.6 is 0 Å². The number of rotatable bonds is 10. The summed E-state index contributed by atoms with van der Waals surface area (Å²) < 4.78 is 5.47. The van der Waals surface area contributed by atoms with Crippen molar-refractivity contribution in [2.75, 3.05) is 43.5 Å². The lowest BCUT2D eigenvalue weighted by Gasteiger charge is -2.32. The van der Waals surface area contributed by atoms with E-state index in [1.54, 1.807) is 0 Å². The van der Waals surface area contributed by atoms with E-state index in [1.165, 1.54) is 0 Å². The summed E-state index contributed by atoms with van der Waals surface area (Å²) in [5.74, 6) is 1.41. The summed E-state index contributed by atoms with van der Waals surface area (Å²) in [5, 5.41) is 6.64. The Morgan fingerprint density at radius 3 is 2.82 bits per heavy atom. The molecule has 6 heteroatoms. The van der Waals surface area contributed by atoms with Gasteiger partial charge in [-0.1, -0.05) is 30.4 Å². The summed E-state index contributed by atoms with van der Waals surface area (Å²) in [6.07, 6.45) is 13.2. The van der Waals surface area contributed by atoms with Gasteiger partial charge in [-0.3, -0.25) is 4.90 Å². The Balaban J connectivity index is 2.03. The van der Waals surface area contributed by atoms with Crippen LogP contribution in [-0.2, 0) is 4.74 Å². The van der Waals surface area contributed by atoms with E-state index in [9.17, 15) is 0 Å². The lowest BCUT2D eigenvalue weighted by atomic mass is 10.1. The van der Waals surface area contributed by atoms with E-state index in [2.05, 4.69) is 45.1 Å². The number of ether oxygens (including phenoxy) is 1. The number of aryl methyl sites for hydroxylation is 1. The molecule has 1 aromatic rings. The number of aromatic nitrogens is 2. The highest BCUT2D eigenvalue weighted by atomic mass is 16.5. The number of hydrogen-bond acceptors (Lipinski definition) is 6. The van der Waals surface area contributed by atoms with Crippen molar-refractivity contribution in [3.05, 3.63) is 60.5 Å². The number of hydrogen-bond donors (Lipinski definition) is 2. The molecule has 0 aliphatic carbocycles. The van der Waals surface area contributed by atoms with Gasteiger partial charge in [0.1, 0.15) is 5.82 Å². The van der Waals surface area contributed by atoms with Gasteiger partial charge in [-0.25, -0.2) is 4.98 Å². The van der Waals surface area contributed by atoms with Gasteiger partial charge in [0.25, 0.3) is 0 Å². The SMILES string of the molecule is C=CCC(/C=C(\C)Nc1cc(C)nc(NC/C=C/C=C\C)n1)N1CCOCC1. The van der Waals surface area contributed by atoms with Crippen molar-refractivity contribution in [2.45, 2.75) is 33.2 Å². The quantitative estimate of drug-likeness (QED) is 0.472. The lowest BCUT2D eigenvalue weighted by Crippen LogP contribution is -2.42. The number of nitrogens with one attached hydrogen (secondary N) is 2. The lowest BCUT2D eigenvalue weighted by molar-refractivity contribution is 0.0260. The van der Waals surface area contributed by atoms with E-state index >= 15 is 0 Å². The average Bonchev–Trinajstić information content (AvgIpc) is 2.68. The Morgan fingerprint density at radius 2 is 2.11 bits per heavy atom. The summed E-state index contributed by atoms with van der Waals surface area (Å²) in [4.78, 5) is 11.5. The number of allylic oxidation sites excluding steroid dienone is 4. The molecule has 0 aromatic carbocycles. The second-order valence-corrected chi connectivity index (χ2v) is 6.77. The molecule has 1 atom stereocenters. The highest BCUT2D eigenvalue weighted by Gasteiger charge is 2.18. The van der Waals surface area contributed by atoms with Gasteiger partial charge in [-0.15, -0.1) is 6.58 Å². The zero-order valence-electron chi connectivity index (χ0n) is 17.3. The molecule has 2 heterocycles. The molecular formula is C22H33N5O. The molecule has 1 aliphatic heterocycles. The smallest absolute Gasteiger partial charge is 0.225 e. The second-order valence-electron chi connectivity index (χ2n) is 6.77. The van der Waals surface area contributed by atoms with Crippen molar-refractivity contribution >= 4 is 11.8 Å². The van der Waals surface area contributed by atoms with E-state index in [0.29, 0.717) is 18.5 Å². The maximum atomic E-state index is 5.47. The van der Waals surface area contributed by atoms with E-state index < -0.39 is 0 Å². The van der Waals surface area contributed by atoms with Gasteiger partial charge in [-0.2, -0.15) is 4.98 Å². The fourth-order valence-corrected chi connectivity index (χ4v) is 3.05. The molecule has 0 bridgehead atoms. The van der Waals surface area contributed by atoms with Crippen LogP contribution < -0.4 is 10.6 Å². The Bertz CT molecular complexity index is 705. The molecule has 1 fully saturated rings. The number of anilines is 2. The largest absolute Gasteiger partial charge is 0.379 e. The van der Waals surface area contributed by atoms with Crippen molar-refractivity contribution in [3.8, 4) is 0 Å². The predicted molar refractivity (Wildman–Crippen MR) is 118 cm³/mol. The minimum atomic E-state index is 0.311. The molecule has 0 spiro atoms. The van der Waals surface area contributed by atoms with Crippen LogP contribution in [-0.4, -0.2) is 53.8 Å². The first-order chi connectivity index (χ1) is 13.6. The fraction of sp³-hybridized carbons (Fsp3) is 0.455. The third-order valence-corrected chi connectivity index (χ3v) is 4.36. The maximum absolute atomic E-state index is 5.47. The minimum absolute atomic E-state index is 0.311. The third-order valence-electron chi connectivity index (χ3n) is 4.36. The molecule has 1 aliphatic rings. The molecular weight excluding hydrogens is 350 g/mol. The molecule has 0 amide bonds. The first kappa shape index (κ1) is 21.9. The van der Waals surface area contributed by atoms with Crippen LogP contribution in [0.4, 0.5) is 11.8 Å². The van der Waals surface area contributed by atoms with Crippen LogP contribution in [0.3, 0.4) is 0 Å². The molecule has 1 saturated heterocycles. The van der Waals surface area contributed by atoms with Crippen molar-refractivity contribution in [3.63, 3.8) is 0 Å². The maximum Gasteiger partial charge on any atom is 0.225 e. The summed E-state index contributed by atoms with van der Waals surface area (Å²) in [6, 6.07) is 2.27. The molecule has 0 saturated carbocycles.